The number of anilines is 5. The third-order valence-corrected chi connectivity index (χ3v) is 3.72. The first-order valence-corrected chi connectivity index (χ1v) is 8.88. The lowest BCUT2D eigenvalue weighted by Crippen LogP contribution is -2.07. The molecule has 0 fully saturated rings. The molecule has 8 nitrogen and oxygen atoms in total. The van der Waals surface area contributed by atoms with Crippen molar-refractivity contribution in [1.82, 2.24) is 9.97 Å². The van der Waals surface area contributed by atoms with Gasteiger partial charge >= 0.3 is 0 Å². The van der Waals surface area contributed by atoms with Crippen molar-refractivity contribution in [2.45, 2.75) is 0 Å². The number of ether oxygens (including phenoxy) is 2. The maximum Gasteiger partial charge on any atom is 0.247 e. The molecule has 0 unspecified atom stereocenters. The summed E-state index contributed by atoms with van der Waals surface area (Å²) in [5, 5.41) is 8.08. The maximum absolute atomic E-state index is 14.4. The standard InChI is InChI=1S/C22H22FN5O3/c1-3-20(29)25-16-5-4-6-17(13-16)26-21-19(23)14-24-22(28-21)27-15-7-9-18(10-8-15)31-12-11-30-2/h3-10,13-14H,1,11-12H2,2H3,(H,25,29)(H2,24,26,27,28)/i2D3,11D2,13D. The third kappa shape index (κ3) is 6.51. The Morgan fingerprint density at radius 2 is 2.06 bits per heavy atom. The molecule has 1 aromatic heterocycles. The lowest BCUT2D eigenvalue weighted by molar-refractivity contribution is -0.111. The number of benzene rings is 2. The summed E-state index contributed by atoms with van der Waals surface area (Å²) in [7, 11) is -2.91. The Balaban J connectivity index is 1.68. The summed E-state index contributed by atoms with van der Waals surface area (Å²) in [5.41, 5.74) is 0.874. The van der Waals surface area contributed by atoms with E-state index < -0.39 is 31.9 Å². The smallest absolute Gasteiger partial charge is 0.247 e. The normalized spacial score (nSPS) is 14.0. The van der Waals surface area contributed by atoms with Crippen LogP contribution in [0.15, 0.2) is 67.4 Å². The SMILES string of the molecule is [2H]c1c(NC(=O)C=C)cccc1Nc1nc(Nc2ccc(OCC([2H])([2H])OC([2H])([2H])[2H])cc2)ncc1F. The zero-order chi connectivity index (χ0) is 27.2. The molecule has 0 saturated heterocycles. The molecule has 1 heterocycles. The zero-order valence-corrected chi connectivity index (χ0v) is 16.1. The van der Waals surface area contributed by atoms with E-state index in [1.807, 2.05) is 0 Å². The van der Waals surface area contributed by atoms with Crippen LogP contribution >= 0.6 is 0 Å². The molecular formula is C22H22FN5O3. The molecule has 0 atom stereocenters. The van der Waals surface area contributed by atoms with Crippen LogP contribution < -0.4 is 20.7 Å². The molecule has 3 rings (SSSR count). The van der Waals surface area contributed by atoms with E-state index in [1.54, 1.807) is 18.2 Å². The van der Waals surface area contributed by atoms with Gasteiger partial charge in [0.2, 0.25) is 11.9 Å². The summed E-state index contributed by atoms with van der Waals surface area (Å²) < 4.78 is 68.3. The highest BCUT2D eigenvalue weighted by atomic mass is 19.1. The van der Waals surface area contributed by atoms with Crippen molar-refractivity contribution in [1.29, 1.82) is 0 Å². The highest BCUT2D eigenvalue weighted by molar-refractivity contribution is 5.99. The van der Waals surface area contributed by atoms with Crippen molar-refractivity contribution in [3.63, 3.8) is 0 Å². The average Bonchev–Trinajstić information content (AvgIpc) is 2.81. The molecule has 2 aromatic carbocycles. The van der Waals surface area contributed by atoms with E-state index in [0.29, 0.717) is 5.69 Å². The first-order valence-electron chi connectivity index (χ1n) is 11.9. The maximum atomic E-state index is 14.4. The fourth-order valence-corrected chi connectivity index (χ4v) is 2.35. The second-order valence-corrected chi connectivity index (χ2v) is 5.87. The Morgan fingerprint density at radius 3 is 2.84 bits per heavy atom. The fraction of sp³-hybridized carbons (Fsp3) is 0.136. The number of carbonyl (C=O) groups is 1. The van der Waals surface area contributed by atoms with Crippen LogP contribution in [0.1, 0.15) is 8.22 Å². The summed E-state index contributed by atoms with van der Waals surface area (Å²) in [5.74, 6) is -1.21. The van der Waals surface area contributed by atoms with Gasteiger partial charge < -0.3 is 25.4 Å². The van der Waals surface area contributed by atoms with Crippen LogP contribution in [0.3, 0.4) is 0 Å². The lowest BCUT2D eigenvalue weighted by atomic mass is 10.2. The van der Waals surface area contributed by atoms with Crippen LogP contribution in [0, 0.1) is 5.82 Å². The molecule has 0 bridgehead atoms. The predicted molar refractivity (Wildman–Crippen MR) is 118 cm³/mol. The average molecular weight is 429 g/mol. The van der Waals surface area contributed by atoms with E-state index in [-0.39, 0.29) is 34.9 Å². The number of halogens is 1. The Kier molecular flexibility index (Phi) is 5.15. The van der Waals surface area contributed by atoms with Crippen LogP contribution in [0.2, 0.25) is 0 Å². The van der Waals surface area contributed by atoms with Gasteiger partial charge in [-0.1, -0.05) is 12.6 Å². The lowest BCUT2D eigenvalue weighted by Gasteiger charge is -2.11. The van der Waals surface area contributed by atoms with Crippen LogP contribution in [-0.4, -0.2) is 36.1 Å². The first-order chi connectivity index (χ1) is 17.3. The zero-order valence-electron chi connectivity index (χ0n) is 22.1. The quantitative estimate of drug-likeness (QED) is 0.415. The van der Waals surface area contributed by atoms with Crippen molar-refractivity contribution in [2.75, 3.05) is 36.2 Å². The minimum absolute atomic E-state index is 0.0302. The Hall–Kier alpha value is -3.98. The van der Waals surface area contributed by atoms with Gasteiger partial charge in [0.1, 0.15) is 12.4 Å². The molecule has 0 aliphatic rings. The summed E-state index contributed by atoms with van der Waals surface area (Å²) in [6, 6.07) is 10.6. The van der Waals surface area contributed by atoms with E-state index in [2.05, 4.69) is 37.2 Å². The second kappa shape index (κ2) is 10.7. The Morgan fingerprint density at radius 1 is 1.26 bits per heavy atom. The number of hydrogen-bond donors (Lipinski definition) is 3. The number of amides is 1. The molecule has 0 aliphatic heterocycles. The Labute approximate surface area is 187 Å². The monoisotopic (exact) mass is 429 g/mol. The minimum atomic E-state index is -2.91. The number of methoxy groups -OCH3 is 1. The molecule has 160 valence electrons. The highest BCUT2D eigenvalue weighted by Gasteiger charge is 2.09. The van der Waals surface area contributed by atoms with Crippen LogP contribution in [-0.2, 0) is 9.53 Å². The van der Waals surface area contributed by atoms with E-state index in [4.69, 9.17) is 13.0 Å². The highest BCUT2D eigenvalue weighted by Crippen LogP contribution is 2.23. The summed E-state index contributed by atoms with van der Waals surface area (Å²) >= 11 is 0. The summed E-state index contributed by atoms with van der Waals surface area (Å²) in [4.78, 5) is 19.5. The van der Waals surface area contributed by atoms with Gasteiger partial charge in [-0.2, -0.15) is 4.98 Å². The van der Waals surface area contributed by atoms with Gasteiger partial charge in [0, 0.05) is 24.1 Å². The van der Waals surface area contributed by atoms with E-state index in [1.165, 1.54) is 24.3 Å². The molecule has 0 radical (unpaired) electrons. The van der Waals surface area contributed by atoms with E-state index in [0.717, 1.165) is 12.3 Å². The van der Waals surface area contributed by atoms with E-state index >= 15 is 0 Å². The second-order valence-electron chi connectivity index (χ2n) is 5.87. The Bertz CT molecular complexity index is 1270. The minimum Gasteiger partial charge on any atom is -0.491 e. The van der Waals surface area contributed by atoms with Crippen molar-refractivity contribution < 1.29 is 26.9 Å². The number of rotatable bonds is 10. The van der Waals surface area contributed by atoms with Gasteiger partial charge in [0.25, 0.3) is 0 Å². The molecule has 0 spiro atoms. The van der Waals surface area contributed by atoms with Crippen molar-refractivity contribution in [2.24, 2.45) is 0 Å². The number of aromatic nitrogens is 2. The number of carbonyl (C=O) groups excluding carboxylic acids is 1. The van der Waals surface area contributed by atoms with Gasteiger partial charge in [-0.3, -0.25) is 4.79 Å². The molecule has 3 aromatic rings. The van der Waals surface area contributed by atoms with Crippen molar-refractivity contribution in [3.8, 4) is 5.75 Å². The first kappa shape index (κ1) is 14.9. The van der Waals surface area contributed by atoms with Crippen LogP contribution in [0.4, 0.5) is 33.2 Å². The molecule has 3 N–H and O–H groups in total. The number of nitrogens with zero attached hydrogens (tertiary/aromatic N) is 2. The van der Waals surface area contributed by atoms with Crippen LogP contribution in [0.25, 0.3) is 0 Å². The number of hydrogen-bond acceptors (Lipinski definition) is 7. The van der Waals surface area contributed by atoms with Gasteiger partial charge in [0.05, 0.1) is 21.0 Å². The molecule has 0 aliphatic carbocycles. The third-order valence-electron chi connectivity index (χ3n) is 3.72. The predicted octanol–water partition coefficient (Wildman–Crippen LogP) is 4.25. The molecule has 0 saturated carbocycles. The van der Waals surface area contributed by atoms with Crippen LogP contribution in [0.5, 0.6) is 5.75 Å². The van der Waals surface area contributed by atoms with Crippen molar-refractivity contribution in [3.05, 3.63) is 73.2 Å². The van der Waals surface area contributed by atoms with Gasteiger partial charge in [0.15, 0.2) is 11.6 Å². The van der Waals surface area contributed by atoms with Crippen molar-refractivity contribution >= 4 is 34.7 Å². The summed E-state index contributed by atoms with van der Waals surface area (Å²) in [6.07, 6.45) is 2.00. The van der Waals surface area contributed by atoms with Gasteiger partial charge in [-0.25, -0.2) is 9.37 Å². The molecular weight excluding hydrogens is 401 g/mol. The molecule has 1 amide bonds. The topological polar surface area (TPSA) is 97.4 Å². The fourth-order valence-electron chi connectivity index (χ4n) is 2.35. The number of nitrogens with one attached hydrogen (secondary N) is 3. The van der Waals surface area contributed by atoms with Gasteiger partial charge in [-0.15, -0.1) is 0 Å². The molecule has 31 heavy (non-hydrogen) atoms. The largest absolute Gasteiger partial charge is 0.491 e. The van der Waals surface area contributed by atoms with E-state index in [9.17, 15) is 9.18 Å². The summed E-state index contributed by atoms with van der Waals surface area (Å²) in [6.45, 7) is 0.187. The molecule has 9 heteroatoms. The van der Waals surface area contributed by atoms with Gasteiger partial charge in [-0.05, 0) is 48.5 Å².